The number of aromatic nitrogens is 1. The number of piperidine rings is 3. The van der Waals surface area contributed by atoms with E-state index in [2.05, 4.69) is 22.1 Å². The van der Waals surface area contributed by atoms with E-state index in [0.717, 1.165) is 25.9 Å². The third-order valence-electron chi connectivity index (χ3n) is 5.19. The van der Waals surface area contributed by atoms with Gasteiger partial charge in [-0.2, -0.15) is 0 Å². The molecule has 1 amide bonds. The van der Waals surface area contributed by atoms with E-state index in [-0.39, 0.29) is 17.8 Å². The van der Waals surface area contributed by atoms with Crippen molar-refractivity contribution in [2.24, 2.45) is 5.92 Å². The molecule has 25 heavy (non-hydrogen) atoms. The molecular formula is C18H20FN3O2S. The number of nitrogens with zero attached hydrogens (tertiary/aromatic N) is 2. The van der Waals surface area contributed by atoms with E-state index in [9.17, 15) is 9.18 Å². The van der Waals surface area contributed by atoms with E-state index in [4.69, 9.17) is 4.74 Å². The second-order valence-electron chi connectivity index (χ2n) is 6.65. The van der Waals surface area contributed by atoms with E-state index in [1.807, 2.05) is 0 Å². The molecule has 4 heterocycles. The van der Waals surface area contributed by atoms with Gasteiger partial charge in [-0.1, -0.05) is 11.3 Å². The van der Waals surface area contributed by atoms with Gasteiger partial charge in [0.2, 0.25) is 5.06 Å². The Morgan fingerprint density at radius 1 is 1.32 bits per heavy atom. The van der Waals surface area contributed by atoms with Crippen LogP contribution in [0.1, 0.15) is 29.6 Å². The highest BCUT2D eigenvalue weighted by Gasteiger charge is 2.40. The van der Waals surface area contributed by atoms with Crippen molar-refractivity contribution in [1.29, 1.82) is 0 Å². The van der Waals surface area contributed by atoms with Crippen molar-refractivity contribution >= 4 is 17.2 Å². The van der Waals surface area contributed by atoms with E-state index in [1.165, 1.54) is 29.7 Å². The third-order valence-corrected chi connectivity index (χ3v) is 6.06. The Kier molecular flexibility index (Phi) is 4.43. The van der Waals surface area contributed by atoms with Crippen molar-refractivity contribution in [3.05, 3.63) is 41.3 Å². The normalized spacial score (nSPS) is 27.9. The van der Waals surface area contributed by atoms with Crippen molar-refractivity contribution < 1.29 is 13.9 Å². The van der Waals surface area contributed by atoms with Crippen LogP contribution < -0.4 is 10.1 Å². The van der Waals surface area contributed by atoms with Gasteiger partial charge in [0.15, 0.2) is 5.01 Å². The zero-order chi connectivity index (χ0) is 17.4. The number of carbonyl (C=O) groups excluding carboxylic acids is 1. The van der Waals surface area contributed by atoms with Gasteiger partial charge in [0.1, 0.15) is 11.6 Å². The van der Waals surface area contributed by atoms with Crippen LogP contribution >= 0.6 is 11.3 Å². The van der Waals surface area contributed by atoms with Crippen LogP contribution in [0.2, 0.25) is 0 Å². The summed E-state index contributed by atoms with van der Waals surface area (Å²) < 4.78 is 18.6. The molecule has 3 saturated heterocycles. The highest BCUT2D eigenvalue weighted by molar-refractivity contribution is 7.15. The molecule has 3 fully saturated rings. The molecule has 3 aliphatic heterocycles. The second kappa shape index (κ2) is 6.72. The number of hydrogen-bond donors (Lipinski definition) is 1. The van der Waals surface area contributed by atoms with E-state index >= 15 is 0 Å². The summed E-state index contributed by atoms with van der Waals surface area (Å²) >= 11 is 1.20. The minimum Gasteiger partial charge on any atom is -0.445 e. The number of hydrogen-bond acceptors (Lipinski definition) is 5. The van der Waals surface area contributed by atoms with Crippen molar-refractivity contribution in [1.82, 2.24) is 15.2 Å². The summed E-state index contributed by atoms with van der Waals surface area (Å²) in [6, 6.07) is 6.30. The zero-order valence-corrected chi connectivity index (χ0v) is 14.8. The molecule has 2 atom stereocenters. The number of ether oxygens (including phenoxy) is 1. The van der Waals surface area contributed by atoms with Crippen molar-refractivity contribution in [2.45, 2.75) is 31.8 Å². The maximum Gasteiger partial charge on any atom is 0.280 e. The third kappa shape index (κ3) is 3.39. The lowest BCUT2D eigenvalue weighted by Crippen LogP contribution is -2.62. The molecule has 0 spiro atoms. The number of amides is 1. The zero-order valence-electron chi connectivity index (χ0n) is 13.9. The SMILES string of the molecule is C[C@H]1[C@H](NC(=O)c2ncc(Oc3ccc(F)cc3)s2)C2CCN1CC2. The van der Waals surface area contributed by atoms with Crippen LogP contribution in [0.15, 0.2) is 30.5 Å². The number of thiazole rings is 1. The van der Waals surface area contributed by atoms with Gasteiger partial charge in [0.05, 0.1) is 6.20 Å². The summed E-state index contributed by atoms with van der Waals surface area (Å²) in [7, 11) is 0. The second-order valence-corrected chi connectivity index (χ2v) is 7.65. The van der Waals surface area contributed by atoms with Crippen LogP contribution in [0.25, 0.3) is 0 Å². The van der Waals surface area contributed by atoms with E-state index in [1.54, 1.807) is 12.1 Å². The number of benzene rings is 1. The fourth-order valence-electron chi connectivity index (χ4n) is 3.79. The first-order chi connectivity index (χ1) is 12.1. The number of nitrogens with one attached hydrogen (secondary N) is 1. The predicted octanol–water partition coefficient (Wildman–Crippen LogP) is 3.29. The summed E-state index contributed by atoms with van der Waals surface area (Å²) in [6.45, 7) is 4.44. The molecule has 2 bridgehead atoms. The molecule has 0 saturated carbocycles. The molecule has 1 aromatic carbocycles. The molecule has 0 unspecified atom stereocenters. The lowest BCUT2D eigenvalue weighted by molar-refractivity contribution is 0.0217. The smallest absolute Gasteiger partial charge is 0.280 e. The van der Waals surface area contributed by atoms with Gasteiger partial charge in [-0.25, -0.2) is 9.37 Å². The van der Waals surface area contributed by atoms with Gasteiger partial charge in [0, 0.05) is 12.1 Å². The first kappa shape index (κ1) is 16.5. The number of carbonyl (C=O) groups is 1. The monoisotopic (exact) mass is 361 g/mol. The standard InChI is InChI=1S/C18H20FN3O2S/c1-11-16(12-6-8-22(11)9-7-12)21-17(23)18-20-10-15(25-18)24-14-4-2-13(19)3-5-14/h2-5,10-12,16H,6-9H2,1H3,(H,21,23)/t11-,16-/m0/s1. The lowest BCUT2D eigenvalue weighted by Gasteiger charge is -2.49. The van der Waals surface area contributed by atoms with Crippen LogP contribution in [0.4, 0.5) is 4.39 Å². The van der Waals surface area contributed by atoms with Gasteiger partial charge in [-0.05, 0) is 63.0 Å². The molecule has 5 rings (SSSR count). The first-order valence-electron chi connectivity index (χ1n) is 8.54. The molecule has 2 aromatic rings. The quantitative estimate of drug-likeness (QED) is 0.908. The molecule has 0 radical (unpaired) electrons. The van der Waals surface area contributed by atoms with Crippen LogP contribution in [0.3, 0.4) is 0 Å². The molecule has 5 nitrogen and oxygen atoms in total. The van der Waals surface area contributed by atoms with Crippen LogP contribution in [0.5, 0.6) is 10.8 Å². The lowest BCUT2D eigenvalue weighted by atomic mass is 9.79. The summed E-state index contributed by atoms with van der Waals surface area (Å²) in [5, 5.41) is 4.07. The average molecular weight is 361 g/mol. The highest BCUT2D eigenvalue weighted by atomic mass is 32.1. The Morgan fingerprint density at radius 2 is 2.04 bits per heavy atom. The molecule has 1 aromatic heterocycles. The van der Waals surface area contributed by atoms with Gasteiger partial charge in [-0.15, -0.1) is 0 Å². The molecule has 0 aliphatic carbocycles. The van der Waals surface area contributed by atoms with Gasteiger partial charge in [0.25, 0.3) is 5.91 Å². The van der Waals surface area contributed by atoms with Crippen LogP contribution in [-0.2, 0) is 0 Å². The maximum absolute atomic E-state index is 12.9. The van der Waals surface area contributed by atoms with Crippen LogP contribution in [0, 0.1) is 11.7 Å². The molecule has 1 N–H and O–H groups in total. The average Bonchev–Trinajstić information content (AvgIpc) is 3.09. The minimum absolute atomic E-state index is 0.149. The summed E-state index contributed by atoms with van der Waals surface area (Å²) in [5.74, 6) is 0.606. The maximum atomic E-state index is 12.9. The van der Waals surface area contributed by atoms with Gasteiger partial charge in [-0.3, -0.25) is 9.69 Å². The van der Waals surface area contributed by atoms with E-state index < -0.39 is 0 Å². The Hall–Kier alpha value is -1.99. The molecule has 3 aliphatic rings. The molecule has 132 valence electrons. The Balaban J connectivity index is 1.41. The van der Waals surface area contributed by atoms with Crippen molar-refractivity contribution in [3.63, 3.8) is 0 Å². The fraction of sp³-hybridized carbons (Fsp3) is 0.444. The topological polar surface area (TPSA) is 54.5 Å². The molecular weight excluding hydrogens is 341 g/mol. The number of fused-ring (bicyclic) bond motifs is 3. The van der Waals surface area contributed by atoms with Gasteiger partial charge >= 0.3 is 0 Å². The van der Waals surface area contributed by atoms with Crippen molar-refractivity contribution in [2.75, 3.05) is 13.1 Å². The Morgan fingerprint density at radius 3 is 2.72 bits per heavy atom. The van der Waals surface area contributed by atoms with E-state index in [0.29, 0.717) is 27.8 Å². The number of halogens is 1. The summed E-state index contributed by atoms with van der Waals surface area (Å²) in [4.78, 5) is 19.2. The van der Waals surface area contributed by atoms with Gasteiger partial charge < -0.3 is 10.1 Å². The summed E-state index contributed by atoms with van der Waals surface area (Å²) in [6.07, 6.45) is 3.82. The fourth-order valence-corrected chi connectivity index (χ4v) is 4.48. The minimum atomic E-state index is -0.316. The summed E-state index contributed by atoms with van der Waals surface area (Å²) in [5.41, 5.74) is 0. The van der Waals surface area contributed by atoms with Crippen molar-refractivity contribution in [3.8, 4) is 10.8 Å². The van der Waals surface area contributed by atoms with Crippen LogP contribution in [-0.4, -0.2) is 41.0 Å². The molecule has 7 heteroatoms. The largest absolute Gasteiger partial charge is 0.445 e. The Bertz CT molecular complexity index is 754. The Labute approximate surface area is 149 Å². The first-order valence-corrected chi connectivity index (χ1v) is 9.36. The highest BCUT2D eigenvalue weighted by Crippen LogP contribution is 2.33. The number of rotatable bonds is 4. The predicted molar refractivity (Wildman–Crippen MR) is 93.6 cm³/mol.